The highest BCUT2D eigenvalue weighted by Gasteiger charge is 2.21. The molecule has 2 aromatic carbocycles. The van der Waals surface area contributed by atoms with Crippen molar-refractivity contribution in [3.8, 4) is 11.1 Å². The van der Waals surface area contributed by atoms with Crippen LogP contribution in [0.3, 0.4) is 0 Å². The van der Waals surface area contributed by atoms with Gasteiger partial charge >= 0.3 is 12.2 Å². The zero-order chi connectivity index (χ0) is 30.2. The SMILES string of the molecule is CC(C)(C)OC(=O)NCCC[C@@H](CNC(=O)Cc1nc2ccc(-c3ccc(F)cc3)cc2[nH]1)NC(=O)OC(C)(C)C. The number of aromatic nitrogens is 2. The number of H-pyrrole nitrogens is 1. The molecule has 10 nitrogen and oxygen atoms in total. The summed E-state index contributed by atoms with van der Waals surface area (Å²) in [6.45, 7) is 11.2. The van der Waals surface area contributed by atoms with Gasteiger partial charge in [0.25, 0.3) is 0 Å². The van der Waals surface area contributed by atoms with E-state index in [9.17, 15) is 18.8 Å². The highest BCUT2D eigenvalue weighted by molar-refractivity contribution is 5.84. The molecule has 11 heteroatoms. The summed E-state index contributed by atoms with van der Waals surface area (Å²) in [4.78, 5) is 44.7. The number of carbonyl (C=O) groups is 3. The Balaban J connectivity index is 1.56. The fourth-order valence-corrected chi connectivity index (χ4v) is 3.97. The number of halogens is 1. The Morgan fingerprint density at radius 3 is 2.20 bits per heavy atom. The van der Waals surface area contributed by atoms with Crippen LogP contribution in [0.5, 0.6) is 0 Å². The fourth-order valence-electron chi connectivity index (χ4n) is 3.97. The summed E-state index contributed by atoms with van der Waals surface area (Å²) in [6.07, 6.45) is -0.0779. The van der Waals surface area contributed by atoms with E-state index < -0.39 is 29.4 Å². The Morgan fingerprint density at radius 1 is 0.902 bits per heavy atom. The van der Waals surface area contributed by atoms with Gasteiger partial charge in [0.15, 0.2) is 0 Å². The average Bonchev–Trinajstić information content (AvgIpc) is 3.24. The van der Waals surface area contributed by atoms with E-state index in [1.807, 2.05) is 18.2 Å². The van der Waals surface area contributed by atoms with E-state index in [0.717, 1.165) is 16.6 Å². The molecule has 1 heterocycles. The van der Waals surface area contributed by atoms with E-state index in [1.165, 1.54) is 12.1 Å². The minimum Gasteiger partial charge on any atom is -0.444 e. The summed E-state index contributed by atoms with van der Waals surface area (Å²) in [6, 6.07) is 11.4. The van der Waals surface area contributed by atoms with E-state index in [1.54, 1.807) is 53.7 Å². The minimum atomic E-state index is -0.673. The van der Waals surface area contributed by atoms with Gasteiger partial charge in [-0.25, -0.2) is 19.0 Å². The molecule has 0 aliphatic carbocycles. The van der Waals surface area contributed by atoms with Gasteiger partial charge in [0.1, 0.15) is 22.8 Å². The molecule has 3 aromatic rings. The minimum absolute atomic E-state index is 0.0138. The van der Waals surface area contributed by atoms with Gasteiger partial charge in [0.05, 0.1) is 17.5 Å². The lowest BCUT2D eigenvalue weighted by Gasteiger charge is -2.24. The summed E-state index contributed by atoms with van der Waals surface area (Å²) in [5, 5.41) is 8.34. The van der Waals surface area contributed by atoms with Crippen molar-refractivity contribution in [3.05, 3.63) is 54.1 Å². The Bertz CT molecular complexity index is 1340. The van der Waals surface area contributed by atoms with E-state index >= 15 is 0 Å². The lowest BCUT2D eigenvalue weighted by atomic mass is 10.1. The van der Waals surface area contributed by atoms with Gasteiger partial charge in [-0.05, 0) is 89.8 Å². The molecule has 0 saturated heterocycles. The number of alkyl carbamates (subject to hydrolysis) is 2. The van der Waals surface area contributed by atoms with Crippen LogP contribution in [0.2, 0.25) is 0 Å². The van der Waals surface area contributed by atoms with Crippen LogP contribution >= 0.6 is 0 Å². The molecule has 1 atom stereocenters. The lowest BCUT2D eigenvalue weighted by molar-refractivity contribution is -0.120. The molecule has 0 radical (unpaired) electrons. The summed E-state index contributed by atoms with van der Waals surface area (Å²) in [5.41, 5.74) is 1.96. The third kappa shape index (κ3) is 11.1. The van der Waals surface area contributed by atoms with Crippen LogP contribution in [0, 0.1) is 5.82 Å². The van der Waals surface area contributed by atoms with Crippen molar-refractivity contribution < 1.29 is 28.2 Å². The molecule has 0 aliphatic heterocycles. The predicted octanol–water partition coefficient (Wildman–Crippen LogP) is 5.23. The zero-order valence-corrected chi connectivity index (χ0v) is 24.5. The van der Waals surface area contributed by atoms with Crippen LogP contribution in [0.4, 0.5) is 14.0 Å². The van der Waals surface area contributed by atoms with Gasteiger partial charge in [-0.1, -0.05) is 18.2 Å². The zero-order valence-electron chi connectivity index (χ0n) is 24.5. The molecule has 41 heavy (non-hydrogen) atoms. The quantitative estimate of drug-likeness (QED) is 0.247. The average molecular weight is 570 g/mol. The molecule has 0 unspecified atom stereocenters. The summed E-state index contributed by atoms with van der Waals surface area (Å²) >= 11 is 0. The number of nitrogens with zero attached hydrogens (tertiary/aromatic N) is 1. The van der Waals surface area contributed by atoms with Crippen LogP contribution in [-0.4, -0.2) is 58.4 Å². The van der Waals surface area contributed by atoms with Crippen molar-refractivity contribution >= 4 is 29.1 Å². The van der Waals surface area contributed by atoms with Crippen molar-refractivity contribution in [3.63, 3.8) is 0 Å². The monoisotopic (exact) mass is 569 g/mol. The van der Waals surface area contributed by atoms with Gasteiger partial charge in [0.2, 0.25) is 5.91 Å². The number of rotatable bonds is 10. The third-order valence-electron chi connectivity index (χ3n) is 5.70. The first-order chi connectivity index (χ1) is 19.2. The van der Waals surface area contributed by atoms with Crippen LogP contribution in [-0.2, 0) is 20.7 Å². The molecule has 3 rings (SSSR count). The number of fused-ring (bicyclic) bond motifs is 1. The molecular weight excluding hydrogens is 529 g/mol. The molecule has 3 amide bonds. The van der Waals surface area contributed by atoms with Crippen molar-refractivity contribution in [2.75, 3.05) is 13.1 Å². The molecule has 0 aliphatic rings. The lowest BCUT2D eigenvalue weighted by Crippen LogP contribution is -2.46. The molecule has 0 spiro atoms. The molecule has 0 bridgehead atoms. The van der Waals surface area contributed by atoms with Gasteiger partial charge in [-0.2, -0.15) is 0 Å². The van der Waals surface area contributed by atoms with Gasteiger partial charge in [-0.15, -0.1) is 0 Å². The smallest absolute Gasteiger partial charge is 0.407 e. The highest BCUT2D eigenvalue weighted by Crippen LogP contribution is 2.24. The standard InChI is InChI=1S/C30H40FN5O5/c1-29(2,3)40-27(38)32-15-7-8-22(34-28(39)41-30(4,5)6)18-33-26(37)17-25-35-23-14-11-20(16-24(23)36-25)19-9-12-21(31)13-10-19/h9-14,16,22H,7-8,15,17-18H2,1-6H3,(H,32,38)(H,33,37)(H,34,39)(H,35,36)/t22-/m0/s1. The second-order valence-corrected chi connectivity index (χ2v) is 11.8. The molecule has 0 fully saturated rings. The Hall–Kier alpha value is -4.15. The van der Waals surface area contributed by atoms with E-state index in [2.05, 4.69) is 25.9 Å². The van der Waals surface area contributed by atoms with E-state index in [4.69, 9.17) is 9.47 Å². The first-order valence-electron chi connectivity index (χ1n) is 13.6. The highest BCUT2D eigenvalue weighted by atomic mass is 19.1. The first kappa shape index (κ1) is 31.4. The van der Waals surface area contributed by atoms with Crippen molar-refractivity contribution in [2.24, 2.45) is 0 Å². The fraction of sp³-hybridized carbons (Fsp3) is 0.467. The number of hydrogen-bond acceptors (Lipinski definition) is 6. The second kappa shape index (κ2) is 13.5. The first-order valence-corrected chi connectivity index (χ1v) is 13.6. The molecule has 0 saturated carbocycles. The second-order valence-electron chi connectivity index (χ2n) is 11.8. The number of amides is 3. The van der Waals surface area contributed by atoms with Gasteiger partial charge < -0.3 is 30.4 Å². The number of ether oxygens (including phenoxy) is 2. The van der Waals surface area contributed by atoms with Crippen molar-refractivity contribution in [1.82, 2.24) is 25.9 Å². The van der Waals surface area contributed by atoms with Crippen LogP contribution in [0.15, 0.2) is 42.5 Å². The maximum Gasteiger partial charge on any atom is 0.407 e. The number of aromatic amines is 1. The Labute approximate surface area is 239 Å². The topological polar surface area (TPSA) is 134 Å². The van der Waals surface area contributed by atoms with Crippen LogP contribution < -0.4 is 16.0 Å². The molecule has 4 N–H and O–H groups in total. The maximum absolute atomic E-state index is 13.3. The van der Waals surface area contributed by atoms with Crippen LogP contribution in [0.1, 0.15) is 60.2 Å². The maximum atomic E-state index is 13.3. The summed E-state index contributed by atoms with van der Waals surface area (Å²) in [5.74, 6) is -0.0803. The largest absolute Gasteiger partial charge is 0.444 e. The summed E-state index contributed by atoms with van der Waals surface area (Å²) < 4.78 is 23.9. The number of nitrogens with one attached hydrogen (secondary N) is 4. The molecule has 1 aromatic heterocycles. The number of hydrogen-bond donors (Lipinski definition) is 4. The van der Waals surface area contributed by atoms with Gasteiger partial charge in [-0.3, -0.25) is 4.79 Å². The Morgan fingerprint density at radius 2 is 1.54 bits per heavy atom. The van der Waals surface area contributed by atoms with E-state index in [-0.39, 0.29) is 24.7 Å². The van der Waals surface area contributed by atoms with Gasteiger partial charge in [0, 0.05) is 19.1 Å². The summed E-state index contributed by atoms with van der Waals surface area (Å²) in [7, 11) is 0. The Kier molecular flexibility index (Phi) is 10.3. The normalized spacial score (nSPS) is 12.5. The van der Waals surface area contributed by atoms with Crippen molar-refractivity contribution in [2.45, 2.75) is 78.0 Å². The van der Waals surface area contributed by atoms with E-state index in [0.29, 0.717) is 30.7 Å². The van der Waals surface area contributed by atoms with Crippen LogP contribution in [0.25, 0.3) is 22.2 Å². The predicted molar refractivity (Wildman–Crippen MR) is 155 cm³/mol. The van der Waals surface area contributed by atoms with Crippen molar-refractivity contribution in [1.29, 1.82) is 0 Å². The molecule has 222 valence electrons. The third-order valence-corrected chi connectivity index (χ3v) is 5.70. The number of benzene rings is 2. The molecular formula is C30H40FN5O5. The number of imidazole rings is 1. The number of carbonyl (C=O) groups excluding carboxylic acids is 3.